The van der Waals surface area contributed by atoms with E-state index >= 15 is 0 Å². The van der Waals surface area contributed by atoms with Gasteiger partial charge < -0.3 is 11.1 Å². The second-order valence-corrected chi connectivity index (χ2v) is 3.63. The maximum Gasteiger partial charge on any atom is 0.153 e. The molecule has 4 nitrogen and oxygen atoms in total. The molecule has 82 valence electrons. The molecule has 0 aromatic carbocycles. The molecule has 0 amide bonds. The molecule has 2 heterocycles. The fraction of sp³-hybridized carbons (Fsp3) is 0.0909. The first-order valence-electron chi connectivity index (χ1n) is 4.80. The van der Waals surface area contributed by atoms with Crippen LogP contribution in [-0.4, -0.2) is 9.97 Å². The van der Waals surface area contributed by atoms with Crippen LogP contribution >= 0.6 is 11.6 Å². The molecule has 2 aromatic heterocycles. The minimum Gasteiger partial charge on any atom is -0.395 e. The number of nitrogen functional groups attached to an aromatic ring is 1. The van der Waals surface area contributed by atoms with Gasteiger partial charge in [0, 0.05) is 25.1 Å². The maximum atomic E-state index is 5.81. The van der Waals surface area contributed by atoms with Crippen molar-refractivity contribution in [3.63, 3.8) is 0 Å². The van der Waals surface area contributed by atoms with Crippen molar-refractivity contribution in [3.8, 4) is 0 Å². The summed E-state index contributed by atoms with van der Waals surface area (Å²) in [5, 5.41) is 3.51. The van der Waals surface area contributed by atoms with Gasteiger partial charge in [0.2, 0.25) is 0 Å². The van der Waals surface area contributed by atoms with E-state index < -0.39 is 0 Å². The lowest BCUT2D eigenvalue weighted by atomic mass is 10.2. The van der Waals surface area contributed by atoms with Gasteiger partial charge in [-0.1, -0.05) is 11.6 Å². The summed E-state index contributed by atoms with van der Waals surface area (Å²) in [6.45, 7) is 0.674. The molecule has 0 unspecified atom stereocenters. The highest BCUT2D eigenvalue weighted by Gasteiger charge is 2.03. The van der Waals surface area contributed by atoms with Crippen molar-refractivity contribution in [2.75, 3.05) is 11.1 Å². The molecule has 0 aliphatic rings. The number of hydrogen-bond donors (Lipinski definition) is 2. The van der Waals surface area contributed by atoms with E-state index in [1.807, 2.05) is 12.1 Å². The summed E-state index contributed by atoms with van der Waals surface area (Å²) < 4.78 is 0. The molecule has 0 spiro atoms. The van der Waals surface area contributed by atoms with E-state index in [-0.39, 0.29) is 0 Å². The van der Waals surface area contributed by atoms with Crippen molar-refractivity contribution in [1.29, 1.82) is 0 Å². The van der Waals surface area contributed by atoms with E-state index in [0.29, 0.717) is 17.4 Å². The Kier molecular flexibility index (Phi) is 3.22. The Morgan fingerprint density at radius 3 is 2.69 bits per heavy atom. The highest BCUT2D eigenvalue weighted by Crippen LogP contribution is 2.24. The standard InChI is InChI=1S/C11H11ClN4/c12-11-10(13)9(3-6-15-11)16-7-8-1-4-14-5-2-8/h1-6H,7,13H2,(H,15,16). The first-order valence-corrected chi connectivity index (χ1v) is 5.18. The second-order valence-electron chi connectivity index (χ2n) is 3.27. The Hall–Kier alpha value is -1.81. The fourth-order valence-corrected chi connectivity index (χ4v) is 1.46. The Bertz CT molecular complexity index is 473. The summed E-state index contributed by atoms with van der Waals surface area (Å²) in [6, 6.07) is 5.67. The van der Waals surface area contributed by atoms with Crippen LogP contribution < -0.4 is 11.1 Å². The predicted octanol–water partition coefficient (Wildman–Crippen LogP) is 2.32. The normalized spacial score (nSPS) is 10.1. The van der Waals surface area contributed by atoms with Crippen LogP contribution in [0.4, 0.5) is 11.4 Å². The molecule has 0 radical (unpaired) electrons. The van der Waals surface area contributed by atoms with Crippen LogP contribution in [0, 0.1) is 0 Å². The lowest BCUT2D eigenvalue weighted by Crippen LogP contribution is -2.03. The van der Waals surface area contributed by atoms with Gasteiger partial charge in [-0.15, -0.1) is 0 Å². The summed E-state index contributed by atoms with van der Waals surface area (Å²) in [5.41, 5.74) is 8.16. The smallest absolute Gasteiger partial charge is 0.153 e. The predicted molar refractivity (Wildman–Crippen MR) is 65.2 cm³/mol. The third kappa shape index (κ3) is 2.41. The van der Waals surface area contributed by atoms with Gasteiger partial charge in [0.25, 0.3) is 0 Å². The molecule has 3 N–H and O–H groups in total. The van der Waals surface area contributed by atoms with E-state index in [9.17, 15) is 0 Å². The molecular weight excluding hydrogens is 224 g/mol. The van der Waals surface area contributed by atoms with Crippen LogP contribution in [0.5, 0.6) is 0 Å². The molecule has 5 heteroatoms. The monoisotopic (exact) mass is 234 g/mol. The third-order valence-electron chi connectivity index (χ3n) is 2.17. The highest BCUT2D eigenvalue weighted by molar-refractivity contribution is 6.32. The van der Waals surface area contributed by atoms with Crippen molar-refractivity contribution in [2.24, 2.45) is 0 Å². The Labute approximate surface area is 98.5 Å². The molecule has 0 saturated carbocycles. The number of anilines is 2. The number of hydrogen-bond acceptors (Lipinski definition) is 4. The van der Waals surface area contributed by atoms with Gasteiger partial charge in [0.1, 0.15) is 0 Å². The molecular formula is C11H11ClN4. The minimum atomic E-state index is 0.319. The third-order valence-corrected chi connectivity index (χ3v) is 2.48. The van der Waals surface area contributed by atoms with Gasteiger partial charge in [0.05, 0.1) is 11.4 Å². The number of nitrogens with one attached hydrogen (secondary N) is 1. The molecule has 0 atom stereocenters. The second kappa shape index (κ2) is 4.81. The van der Waals surface area contributed by atoms with E-state index in [1.54, 1.807) is 24.7 Å². The van der Waals surface area contributed by atoms with Gasteiger partial charge in [0.15, 0.2) is 5.15 Å². The SMILES string of the molecule is Nc1c(NCc2ccncc2)ccnc1Cl. The summed E-state index contributed by atoms with van der Waals surface area (Å²) >= 11 is 5.81. The zero-order chi connectivity index (χ0) is 11.4. The van der Waals surface area contributed by atoms with Crippen molar-refractivity contribution < 1.29 is 0 Å². The number of halogens is 1. The van der Waals surface area contributed by atoms with Crippen LogP contribution in [0.2, 0.25) is 5.15 Å². The molecule has 2 aromatic rings. The average Bonchev–Trinajstić information content (AvgIpc) is 2.32. The van der Waals surface area contributed by atoms with Gasteiger partial charge in [-0.3, -0.25) is 4.98 Å². The number of pyridine rings is 2. The fourth-order valence-electron chi connectivity index (χ4n) is 1.30. The Morgan fingerprint density at radius 1 is 1.19 bits per heavy atom. The molecule has 16 heavy (non-hydrogen) atoms. The van der Waals surface area contributed by atoms with E-state index in [4.69, 9.17) is 17.3 Å². The van der Waals surface area contributed by atoms with Gasteiger partial charge >= 0.3 is 0 Å². The average molecular weight is 235 g/mol. The first kappa shape index (κ1) is 10.7. The number of nitrogens with two attached hydrogens (primary N) is 1. The van der Waals surface area contributed by atoms with Crippen molar-refractivity contribution in [1.82, 2.24) is 9.97 Å². The minimum absolute atomic E-state index is 0.319. The molecule has 0 aliphatic heterocycles. The Balaban J connectivity index is 2.08. The zero-order valence-corrected chi connectivity index (χ0v) is 9.28. The van der Waals surface area contributed by atoms with Crippen LogP contribution in [0.1, 0.15) is 5.56 Å². The van der Waals surface area contributed by atoms with Crippen molar-refractivity contribution >= 4 is 23.0 Å². The quantitative estimate of drug-likeness (QED) is 0.800. The summed E-state index contributed by atoms with van der Waals surface area (Å²) in [7, 11) is 0. The summed E-state index contributed by atoms with van der Waals surface area (Å²) in [6.07, 6.45) is 5.12. The van der Waals surface area contributed by atoms with Crippen LogP contribution in [0.3, 0.4) is 0 Å². The molecule has 0 bridgehead atoms. The largest absolute Gasteiger partial charge is 0.395 e. The summed E-state index contributed by atoms with van der Waals surface area (Å²) in [4.78, 5) is 7.83. The molecule has 0 fully saturated rings. The summed E-state index contributed by atoms with van der Waals surface area (Å²) in [5.74, 6) is 0. The van der Waals surface area contributed by atoms with Gasteiger partial charge in [-0.05, 0) is 23.8 Å². The first-order chi connectivity index (χ1) is 7.77. The Morgan fingerprint density at radius 2 is 1.94 bits per heavy atom. The van der Waals surface area contributed by atoms with Gasteiger partial charge in [-0.25, -0.2) is 4.98 Å². The highest BCUT2D eigenvalue weighted by atomic mass is 35.5. The van der Waals surface area contributed by atoms with E-state index in [1.165, 1.54) is 0 Å². The van der Waals surface area contributed by atoms with E-state index in [2.05, 4.69) is 15.3 Å². The lowest BCUT2D eigenvalue weighted by Gasteiger charge is -2.09. The van der Waals surface area contributed by atoms with Crippen molar-refractivity contribution in [3.05, 3.63) is 47.5 Å². The molecule has 0 saturated heterocycles. The van der Waals surface area contributed by atoms with E-state index in [0.717, 1.165) is 11.3 Å². The number of nitrogens with zero attached hydrogens (tertiary/aromatic N) is 2. The molecule has 2 rings (SSSR count). The van der Waals surface area contributed by atoms with Crippen molar-refractivity contribution in [2.45, 2.75) is 6.54 Å². The van der Waals surface area contributed by atoms with Gasteiger partial charge in [-0.2, -0.15) is 0 Å². The van der Waals surface area contributed by atoms with Crippen LogP contribution in [0.25, 0.3) is 0 Å². The number of rotatable bonds is 3. The van der Waals surface area contributed by atoms with Crippen LogP contribution in [0.15, 0.2) is 36.8 Å². The molecule has 0 aliphatic carbocycles. The lowest BCUT2D eigenvalue weighted by molar-refractivity contribution is 1.12. The maximum absolute atomic E-state index is 5.81. The zero-order valence-electron chi connectivity index (χ0n) is 8.52. The van der Waals surface area contributed by atoms with Crippen LogP contribution in [-0.2, 0) is 6.54 Å². The number of aromatic nitrogens is 2. The topological polar surface area (TPSA) is 63.8 Å².